The fraction of sp³-hybridized carbons (Fsp3) is 0.286. The molecule has 0 saturated carbocycles. The number of hydrogen-bond acceptors (Lipinski definition) is 2. The summed E-state index contributed by atoms with van der Waals surface area (Å²) in [5.74, 6) is 0.816. The summed E-state index contributed by atoms with van der Waals surface area (Å²) in [5, 5.41) is 2.05. The zero-order valence-corrected chi connectivity index (χ0v) is 11.0. The van der Waals surface area contributed by atoms with Gasteiger partial charge in [-0.2, -0.15) is 0 Å². The van der Waals surface area contributed by atoms with Crippen molar-refractivity contribution in [2.24, 2.45) is 5.73 Å². The Bertz CT molecular complexity index is 518. The predicted molar refractivity (Wildman–Crippen MR) is 75.3 cm³/mol. The van der Waals surface area contributed by atoms with Crippen LogP contribution in [0.25, 0.3) is 10.8 Å². The van der Waals surface area contributed by atoms with Crippen molar-refractivity contribution in [1.82, 2.24) is 0 Å². The monoisotopic (exact) mass is 269 g/mol. The van der Waals surface area contributed by atoms with Crippen molar-refractivity contribution in [3.8, 4) is 5.75 Å². The highest BCUT2D eigenvalue weighted by molar-refractivity contribution is 5.91. The van der Waals surface area contributed by atoms with Gasteiger partial charge in [-0.15, -0.1) is 12.4 Å². The lowest BCUT2D eigenvalue weighted by molar-refractivity contribution is 0.419. The third-order valence-electron chi connectivity index (χ3n) is 2.96. The van der Waals surface area contributed by atoms with Gasteiger partial charge in [-0.3, -0.25) is 4.39 Å². The summed E-state index contributed by atoms with van der Waals surface area (Å²) >= 11 is 0. The molecule has 0 radical (unpaired) electrons. The van der Waals surface area contributed by atoms with Gasteiger partial charge in [-0.1, -0.05) is 30.3 Å². The first kappa shape index (κ1) is 14.7. The molecular weight excluding hydrogens is 253 g/mol. The van der Waals surface area contributed by atoms with Gasteiger partial charge in [0.15, 0.2) is 0 Å². The van der Waals surface area contributed by atoms with E-state index in [1.165, 1.54) is 0 Å². The summed E-state index contributed by atoms with van der Waals surface area (Å²) in [4.78, 5) is 0. The van der Waals surface area contributed by atoms with Crippen molar-refractivity contribution in [3.05, 3.63) is 42.0 Å². The van der Waals surface area contributed by atoms with Crippen LogP contribution in [-0.4, -0.2) is 13.8 Å². The van der Waals surface area contributed by atoms with Crippen LogP contribution in [0.2, 0.25) is 0 Å². The standard InChI is InChI=1S/C14H16FNO.ClH/c1-17-14-7-6-11(13(16)8-9-15)10-4-2-3-5-12(10)14;/h2-7,13H,8-9,16H2,1H3;1H/t13-;/m0./s1. The predicted octanol–water partition coefficient (Wildman–Crippen LogP) is 3.63. The molecule has 4 heteroatoms. The van der Waals surface area contributed by atoms with Crippen LogP contribution in [-0.2, 0) is 0 Å². The summed E-state index contributed by atoms with van der Waals surface area (Å²) in [5.41, 5.74) is 6.95. The zero-order chi connectivity index (χ0) is 12.3. The van der Waals surface area contributed by atoms with Crippen molar-refractivity contribution in [2.75, 3.05) is 13.8 Å². The van der Waals surface area contributed by atoms with Crippen molar-refractivity contribution in [1.29, 1.82) is 0 Å². The molecule has 0 unspecified atom stereocenters. The van der Waals surface area contributed by atoms with Crippen LogP contribution >= 0.6 is 12.4 Å². The van der Waals surface area contributed by atoms with Gasteiger partial charge >= 0.3 is 0 Å². The number of rotatable bonds is 4. The van der Waals surface area contributed by atoms with Crippen LogP contribution in [0.4, 0.5) is 4.39 Å². The number of alkyl halides is 1. The lowest BCUT2D eigenvalue weighted by atomic mass is 9.97. The number of hydrogen-bond donors (Lipinski definition) is 1. The molecule has 0 spiro atoms. The molecule has 0 aromatic heterocycles. The van der Waals surface area contributed by atoms with Gasteiger partial charge in [0.2, 0.25) is 0 Å². The minimum Gasteiger partial charge on any atom is -0.496 e. The lowest BCUT2D eigenvalue weighted by Gasteiger charge is -2.15. The minimum absolute atomic E-state index is 0. The van der Waals surface area contributed by atoms with Crippen molar-refractivity contribution >= 4 is 23.2 Å². The Morgan fingerprint density at radius 1 is 1.17 bits per heavy atom. The normalized spacial score (nSPS) is 11.9. The van der Waals surface area contributed by atoms with E-state index in [1.807, 2.05) is 36.4 Å². The highest BCUT2D eigenvalue weighted by Gasteiger charge is 2.11. The molecule has 0 heterocycles. The summed E-state index contributed by atoms with van der Waals surface area (Å²) in [6.07, 6.45) is 0.344. The minimum atomic E-state index is -0.401. The fourth-order valence-corrected chi connectivity index (χ4v) is 2.07. The van der Waals surface area contributed by atoms with E-state index in [-0.39, 0.29) is 18.4 Å². The van der Waals surface area contributed by atoms with E-state index in [0.29, 0.717) is 6.42 Å². The Morgan fingerprint density at radius 2 is 1.83 bits per heavy atom. The van der Waals surface area contributed by atoms with E-state index in [9.17, 15) is 4.39 Å². The van der Waals surface area contributed by atoms with E-state index >= 15 is 0 Å². The van der Waals surface area contributed by atoms with E-state index < -0.39 is 6.67 Å². The molecule has 2 aromatic carbocycles. The van der Waals surface area contributed by atoms with Gasteiger partial charge in [0.1, 0.15) is 5.75 Å². The van der Waals surface area contributed by atoms with Gasteiger partial charge in [0, 0.05) is 11.4 Å². The molecule has 2 aromatic rings. The second kappa shape index (κ2) is 6.57. The molecule has 1 atom stereocenters. The Morgan fingerprint density at radius 3 is 2.44 bits per heavy atom. The quantitative estimate of drug-likeness (QED) is 0.920. The number of fused-ring (bicyclic) bond motifs is 1. The number of ether oxygens (including phenoxy) is 1. The van der Waals surface area contributed by atoms with Crippen LogP contribution in [0.3, 0.4) is 0 Å². The van der Waals surface area contributed by atoms with Crippen molar-refractivity contribution in [3.63, 3.8) is 0 Å². The van der Waals surface area contributed by atoms with Crippen LogP contribution in [0, 0.1) is 0 Å². The average Bonchev–Trinajstić information content (AvgIpc) is 2.37. The summed E-state index contributed by atoms with van der Waals surface area (Å²) < 4.78 is 17.7. The largest absolute Gasteiger partial charge is 0.496 e. The van der Waals surface area contributed by atoms with Crippen molar-refractivity contribution < 1.29 is 9.13 Å². The van der Waals surface area contributed by atoms with E-state index in [4.69, 9.17) is 10.5 Å². The highest BCUT2D eigenvalue weighted by Crippen LogP contribution is 2.31. The third-order valence-corrected chi connectivity index (χ3v) is 2.96. The summed E-state index contributed by atoms with van der Waals surface area (Å²) in [6, 6.07) is 11.4. The molecule has 0 fully saturated rings. The Balaban J connectivity index is 0.00000162. The smallest absolute Gasteiger partial charge is 0.126 e. The topological polar surface area (TPSA) is 35.2 Å². The lowest BCUT2D eigenvalue weighted by Crippen LogP contribution is -2.11. The van der Waals surface area contributed by atoms with Crippen molar-refractivity contribution in [2.45, 2.75) is 12.5 Å². The van der Waals surface area contributed by atoms with Crippen LogP contribution < -0.4 is 10.5 Å². The second-order valence-electron chi connectivity index (χ2n) is 3.99. The first-order valence-corrected chi connectivity index (χ1v) is 5.65. The molecule has 2 N–H and O–H groups in total. The molecule has 0 saturated heterocycles. The van der Waals surface area contributed by atoms with E-state index in [2.05, 4.69) is 0 Å². The number of halogens is 2. The zero-order valence-electron chi connectivity index (χ0n) is 10.2. The number of benzene rings is 2. The SMILES string of the molecule is COc1ccc([C@@H](N)CCF)c2ccccc12.Cl. The Hall–Kier alpha value is -1.32. The maximum Gasteiger partial charge on any atom is 0.126 e. The molecule has 0 bridgehead atoms. The molecule has 0 aliphatic carbocycles. The van der Waals surface area contributed by atoms with Gasteiger partial charge in [0.05, 0.1) is 13.8 Å². The van der Waals surface area contributed by atoms with Gasteiger partial charge in [-0.05, 0) is 23.4 Å². The molecular formula is C14H17ClFNO. The van der Waals surface area contributed by atoms with Gasteiger partial charge in [0.25, 0.3) is 0 Å². The first-order chi connectivity index (χ1) is 8.27. The summed E-state index contributed by atoms with van der Waals surface area (Å²) in [7, 11) is 1.64. The second-order valence-corrected chi connectivity index (χ2v) is 3.99. The fourth-order valence-electron chi connectivity index (χ4n) is 2.07. The van der Waals surface area contributed by atoms with E-state index in [0.717, 1.165) is 22.1 Å². The molecule has 2 rings (SSSR count). The van der Waals surface area contributed by atoms with Crippen LogP contribution in [0.15, 0.2) is 36.4 Å². The van der Waals surface area contributed by atoms with Crippen LogP contribution in [0.1, 0.15) is 18.0 Å². The van der Waals surface area contributed by atoms with E-state index in [1.54, 1.807) is 7.11 Å². The number of methoxy groups -OCH3 is 1. The Kier molecular flexibility index (Phi) is 5.38. The molecule has 0 aliphatic heterocycles. The average molecular weight is 270 g/mol. The maximum absolute atomic E-state index is 12.4. The van der Waals surface area contributed by atoms with Gasteiger partial charge < -0.3 is 10.5 Å². The van der Waals surface area contributed by atoms with Gasteiger partial charge in [-0.25, -0.2) is 0 Å². The third kappa shape index (κ3) is 2.74. The first-order valence-electron chi connectivity index (χ1n) is 5.65. The number of nitrogens with two attached hydrogens (primary N) is 1. The molecule has 2 nitrogen and oxygen atoms in total. The highest BCUT2D eigenvalue weighted by atomic mass is 35.5. The molecule has 98 valence electrons. The maximum atomic E-state index is 12.4. The van der Waals surface area contributed by atoms with Crippen LogP contribution in [0.5, 0.6) is 5.75 Å². The molecule has 0 amide bonds. The molecule has 0 aliphatic rings. The summed E-state index contributed by atoms with van der Waals surface area (Å²) in [6.45, 7) is -0.401. The molecule has 18 heavy (non-hydrogen) atoms. The Labute approximate surface area is 112 Å².